The molecule has 0 bridgehead atoms. The third-order valence-corrected chi connectivity index (χ3v) is 2.62. The van der Waals surface area contributed by atoms with Gasteiger partial charge in [-0.1, -0.05) is 44.4 Å². The van der Waals surface area contributed by atoms with Gasteiger partial charge in [0, 0.05) is 10.6 Å². The maximum absolute atomic E-state index is 5.60. The predicted molar refractivity (Wildman–Crippen MR) is 64.9 cm³/mol. The van der Waals surface area contributed by atoms with Crippen LogP contribution in [-0.2, 0) is 0 Å². The van der Waals surface area contributed by atoms with E-state index in [1.165, 1.54) is 5.57 Å². The van der Waals surface area contributed by atoms with Crippen LogP contribution >= 0.6 is 0 Å². The fraction of sp³-hybridized carbons (Fsp3) is 0.143. The molecular formula is C14H14O. The Labute approximate surface area is 89.0 Å². The summed E-state index contributed by atoms with van der Waals surface area (Å²) >= 11 is 0. The van der Waals surface area contributed by atoms with Gasteiger partial charge >= 0.3 is 0 Å². The molecule has 0 radical (unpaired) electrons. The van der Waals surface area contributed by atoms with E-state index in [4.69, 9.17) is 4.42 Å². The Bertz CT molecular complexity index is 602. The molecular weight excluding hydrogens is 184 g/mol. The molecule has 2 aromatic rings. The van der Waals surface area contributed by atoms with Gasteiger partial charge in [-0.05, 0) is 18.1 Å². The zero-order chi connectivity index (χ0) is 10.8. The molecule has 15 heavy (non-hydrogen) atoms. The lowest BCUT2D eigenvalue weighted by Crippen LogP contribution is -2.20. The Morgan fingerprint density at radius 1 is 1.40 bits per heavy atom. The summed E-state index contributed by atoms with van der Waals surface area (Å²) in [5, 5.41) is 2.22. The summed E-state index contributed by atoms with van der Waals surface area (Å²) in [6.45, 7) is 9.88. The molecule has 0 unspecified atom stereocenters. The average Bonchev–Trinajstić information content (AvgIpc) is 2.58. The fourth-order valence-electron chi connectivity index (χ4n) is 1.87. The van der Waals surface area contributed by atoms with Crippen LogP contribution in [0.4, 0.5) is 0 Å². The molecule has 1 heteroatoms. The zero-order valence-corrected chi connectivity index (χ0v) is 8.92. The van der Waals surface area contributed by atoms with Crippen molar-refractivity contribution in [1.29, 1.82) is 0 Å². The number of hydrogen-bond donors (Lipinski definition) is 0. The Hall–Kier alpha value is -1.76. The third-order valence-electron chi connectivity index (χ3n) is 2.62. The third kappa shape index (κ3) is 1.50. The van der Waals surface area contributed by atoms with Crippen LogP contribution in [0.5, 0.6) is 0 Å². The normalized spacial score (nSPS) is 12.9. The van der Waals surface area contributed by atoms with Gasteiger partial charge in [0.25, 0.3) is 0 Å². The summed E-state index contributed by atoms with van der Waals surface area (Å²) in [5.74, 6) is 0. The van der Waals surface area contributed by atoms with Crippen molar-refractivity contribution >= 4 is 23.1 Å². The standard InChI is InChI=1S/C14H14O/c1-4-11(5-2)14-10(3)15-13-9-7-6-8-12(13)14/h4,6-9H,1,3,5H2,2H3/b14-11-. The van der Waals surface area contributed by atoms with Gasteiger partial charge in [0.15, 0.2) is 0 Å². The second-order valence-corrected chi connectivity index (χ2v) is 3.48. The SMILES string of the molecule is C=C/C(CC)=c1\c(=C)oc2ccccc12. The number of allylic oxidation sites excluding steroid dienone is 1. The quantitative estimate of drug-likeness (QED) is 0.723. The molecule has 0 aliphatic rings. The lowest BCUT2D eigenvalue weighted by atomic mass is 10.1. The van der Waals surface area contributed by atoms with E-state index in [-0.39, 0.29) is 0 Å². The Morgan fingerprint density at radius 3 is 2.80 bits per heavy atom. The van der Waals surface area contributed by atoms with Gasteiger partial charge in [-0.2, -0.15) is 0 Å². The smallest absolute Gasteiger partial charge is 0.135 e. The number of benzene rings is 1. The minimum atomic E-state index is 0.730. The zero-order valence-electron chi connectivity index (χ0n) is 8.92. The molecule has 0 fully saturated rings. The molecule has 1 aromatic heterocycles. The summed E-state index contributed by atoms with van der Waals surface area (Å²) in [4.78, 5) is 0. The second kappa shape index (κ2) is 3.77. The largest absolute Gasteiger partial charge is 0.457 e. The molecule has 1 nitrogen and oxygen atoms in total. The predicted octanol–water partition coefficient (Wildman–Crippen LogP) is 2.59. The molecule has 0 saturated heterocycles. The van der Waals surface area contributed by atoms with E-state index in [1.807, 2.05) is 24.3 Å². The summed E-state index contributed by atoms with van der Waals surface area (Å²) in [7, 11) is 0. The van der Waals surface area contributed by atoms with Crippen LogP contribution in [0, 0.1) is 0 Å². The Morgan fingerprint density at radius 2 is 2.13 bits per heavy atom. The molecule has 2 rings (SSSR count). The van der Waals surface area contributed by atoms with Crippen molar-refractivity contribution in [3.8, 4) is 0 Å². The van der Waals surface area contributed by atoms with Gasteiger partial charge in [-0.3, -0.25) is 0 Å². The van der Waals surface area contributed by atoms with E-state index in [0.29, 0.717) is 0 Å². The van der Waals surface area contributed by atoms with Crippen molar-refractivity contribution in [3.63, 3.8) is 0 Å². The van der Waals surface area contributed by atoms with Crippen molar-refractivity contribution in [1.82, 2.24) is 0 Å². The lowest BCUT2D eigenvalue weighted by molar-refractivity contribution is 0.577. The Balaban J connectivity index is 3.04. The highest BCUT2D eigenvalue weighted by Gasteiger charge is 2.03. The van der Waals surface area contributed by atoms with Crippen molar-refractivity contribution in [2.75, 3.05) is 0 Å². The number of fused-ring (bicyclic) bond motifs is 1. The first-order valence-electron chi connectivity index (χ1n) is 5.10. The minimum Gasteiger partial charge on any atom is -0.457 e. The van der Waals surface area contributed by atoms with Crippen LogP contribution in [0.2, 0.25) is 0 Å². The van der Waals surface area contributed by atoms with E-state index in [0.717, 1.165) is 28.0 Å². The first kappa shape index (κ1) is 9.78. The lowest BCUT2D eigenvalue weighted by Gasteiger charge is -1.93. The van der Waals surface area contributed by atoms with Gasteiger partial charge in [0.2, 0.25) is 0 Å². The van der Waals surface area contributed by atoms with Crippen molar-refractivity contribution in [3.05, 3.63) is 47.6 Å². The van der Waals surface area contributed by atoms with E-state index in [1.54, 1.807) is 0 Å². The number of para-hydroxylation sites is 1. The van der Waals surface area contributed by atoms with Crippen LogP contribution < -0.4 is 10.6 Å². The fourth-order valence-corrected chi connectivity index (χ4v) is 1.87. The topological polar surface area (TPSA) is 13.1 Å². The molecule has 76 valence electrons. The highest BCUT2D eigenvalue weighted by Crippen LogP contribution is 2.09. The highest BCUT2D eigenvalue weighted by atomic mass is 16.3. The molecule has 0 aliphatic carbocycles. The number of rotatable bonds is 2. The molecule has 0 N–H and O–H groups in total. The van der Waals surface area contributed by atoms with Crippen LogP contribution in [-0.4, -0.2) is 0 Å². The monoisotopic (exact) mass is 198 g/mol. The van der Waals surface area contributed by atoms with Gasteiger partial charge in [-0.15, -0.1) is 0 Å². The maximum atomic E-state index is 5.60. The van der Waals surface area contributed by atoms with Crippen LogP contribution in [0.3, 0.4) is 0 Å². The second-order valence-electron chi connectivity index (χ2n) is 3.48. The number of furan rings is 1. The van der Waals surface area contributed by atoms with E-state index >= 15 is 0 Å². The van der Waals surface area contributed by atoms with E-state index in [2.05, 4.69) is 26.1 Å². The minimum absolute atomic E-state index is 0.730. The van der Waals surface area contributed by atoms with Gasteiger partial charge in [-0.25, -0.2) is 0 Å². The van der Waals surface area contributed by atoms with Gasteiger partial charge < -0.3 is 4.42 Å². The molecule has 1 aromatic carbocycles. The molecule has 0 saturated carbocycles. The van der Waals surface area contributed by atoms with Crippen LogP contribution in [0.1, 0.15) is 13.3 Å². The van der Waals surface area contributed by atoms with Gasteiger partial charge in [0.1, 0.15) is 11.0 Å². The molecule has 0 amide bonds. The summed E-state index contributed by atoms with van der Waals surface area (Å²) in [5.41, 5.74) is 2.81. The first-order chi connectivity index (χ1) is 7.27. The van der Waals surface area contributed by atoms with Crippen LogP contribution in [0.25, 0.3) is 23.1 Å². The first-order valence-corrected chi connectivity index (χ1v) is 5.10. The van der Waals surface area contributed by atoms with Crippen molar-refractivity contribution in [2.45, 2.75) is 13.3 Å². The maximum Gasteiger partial charge on any atom is 0.135 e. The van der Waals surface area contributed by atoms with E-state index < -0.39 is 0 Å². The molecule has 0 atom stereocenters. The number of hydrogen-bond acceptors (Lipinski definition) is 1. The molecule has 0 spiro atoms. The van der Waals surface area contributed by atoms with Gasteiger partial charge in [0.05, 0.1) is 0 Å². The van der Waals surface area contributed by atoms with Crippen molar-refractivity contribution in [2.24, 2.45) is 0 Å². The molecule has 1 heterocycles. The molecule has 0 aliphatic heterocycles. The average molecular weight is 198 g/mol. The van der Waals surface area contributed by atoms with E-state index in [9.17, 15) is 0 Å². The highest BCUT2D eigenvalue weighted by molar-refractivity contribution is 5.81. The summed E-state index contributed by atoms with van der Waals surface area (Å²) in [6, 6.07) is 8.00. The summed E-state index contributed by atoms with van der Waals surface area (Å²) in [6.07, 6.45) is 2.82. The summed E-state index contributed by atoms with van der Waals surface area (Å²) < 4.78 is 5.60. The van der Waals surface area contributed by atoms with Crippen LogP contribution in [0.15, 0.2) is 41.3 Å². The van der Waals surface area contributed by atoms with Crippen molar-refractivity contribution < 1.29 is 4.42 Å². The Kier molecular flexibility index (Phi) is 2.46.